The van der Waals surface area contributed by atoms with Crippen LogP contribution in [0.1, 0.15) is 94.0 Å². The van der Waals surface area contributed by atoms with E-state index < -0.39 is 5.97 Å². The van der Waals surface area contributed by atoms with Gasteiger partial charge in [-0.05, 0) is 140 Å². The summed E-state index contributed by atoms with van der Waals surface area (Å²) < 4.78 is 9.73. The van der Waals surface area contributed by atoms with Crippen LogP contribution in [0.5, 0.6) is 5.75 Å². The molecule has 7 aromatic rings. The quantitative estimate of drug-likeness (QED) is 0.0536. The lowest BCUT2D eigenvalue weighted by atomic mass is 9.90. The molecule has 2 fully saturated rings. The minimum absolute atomic E-state index is 0.0315. The highest BCUT2D eigenvalue weighted by Crippen LogP contribution is 2.37. The summed E-state index contributed by atoms with van der Waals surface area (Å²) >= 11 is 1.44. The fourth-order valence-corrected chi connectivity index (χ4v) is 12.0. The number of para-hydroxylation sites is 1. The predicted molar refractivity (Wildman–Crippen MR) is 285 cm³/mol. The first-order valence-corrected chi connectivity index (χ1v) is 26.3. The highest BCUT2D eigenvalue weighted by atomic mass is 32.1. The molecule has 3 N–H and O–H groups in total. The van der Waals surface area contributed by atoms with E-state index in [4.69, 9.17) is 14.7 Å². The number of rotatable bonds is 14. The third-order valence-corrected chi connectivity index (χ3v) is 16.1. The van der Waals surface area contributed by atoms with Gasteiger partial charge in [0.2, 0.25) is 17.8 Å². The minimum atomic E-state index is -1.11. The number of carbonyl (C=O) groups is 4. The van der Waals surface area contributed by atoms with E-state index in [2.05, 4.69) is 48.2 Å². The van der Waals surface area contributed by atoms with Gasteiger partial charge in [-0.15, -0.1) is 0 Å². The summed E-state index contributed by atoms with van der Waals surface area (Å²) in [5.41, 5.74) is 8.32. The maximum atomic E-state index is 13.7. The van der Waals surface area contributed by atoms with Crippen molar-refractivity contribution in [2.24, 2.45) is 13.0 Å². The molecule has 73 heavy (non-hydrogen) atoms. The van der Waals surface area contributed by atoms with Crippen LogP contribution in [-0.2, 0) is 29.6 Å². The van der Waals surface area contributed by atoms with Crippen molar-refractivity contribution in [2.75, 3.05) is 54.4 Å². The van der Waals surface area contributed by atoms with E-state index in [1.807, 2.05) is 104 Å². The summed E-state index contributed by atoms with van der Waals surface area (Å²) in [6, 6.07) is 29.1. The molecule has 374 valence electrons. The second-order valence-corrected chi connectivity index (χ2v) is 20.8. The molecule has 3 aliphatic heterocycles. The second kappa shape index (κ2) is 20.6. The van der Waals surface area contributed by atoms with Crippen LogP contribution in [0.25, 0.3) is 32.4 Å². The number of carboxylic acids is 1. The Morgan fingerprint density at radius 3 is 2.48 bits per heavy atom. The first kappa shape index (κ1) is 47.9. The number of thiazole rings is 1. The molecule has 3 atom stereocenters. The molecule has 0 saturated carbocycles. The van der Waals surface area contributed by atoms with Crippen LogP contribution in [0.4, 0.5) is 16.9 Å². The Bertz CT molecular complexity index is 3270. The minimum Gasteiger partial charge on any atom is -0.486 e. The van der Waals surface area contributed by atoms with Gasteiger partial charge in [-0.1, -0.05) is 66.3 Å². The summed E-state index contributed by atoms with van der Waals surface area (Å²) in [5, 5.41) is 16.6. The van der Waals surface area contributed by atoms with E-state index >= 15 is 0 Å². The number of fused-ring (bicyclic) bond motifs is 3. The van der Waals surface area contributed by atoms with Gasteiger partial charge >= 0.3 is 5.97 Å². The van der Waals surface area contributed by atoms with Crippen LogP contribution in [0.3, 0.4) is 0 Å². The first-order valence-electron chi connectivity index (χ1n) is 25.5. The van der Waals surface area contributed by atoms with Gasteiger partial charge < -0.3 is 24.2 Å². The van der Waals surface area contributed by atoms with E-state index in [1.54, 1.807) is 0 Å². The standard InChI is InChI=1S/C57H59N9O6S/c1-35-40(42-21-24-50(60-52(42)55(70)71)66-28-26-37-10-7-12-43(44(37)34-66)54(69)62-56-58-46-13-3-4-15-49(46)73-56)11-8-14-48(35)72-39-19-16-36(17-20-39)9-5-6-27-64-29-31-65(32-30-64)57-59-45-23-18-38(33-47(45)63(57)2)41-22-25-51(67)61-53(41)68/h3-4,7-8,10-16,18-19,21,23-24,33,36,39,41H,5-6,9,17,20,22,25-32,34H2,1-2H3,(H,70,71)(H,58,62,69)(H,61,67,68)/t36-,39-,41?/m1/s1. The SMILES string of the molecule is Cc1c(O[C@@H]2C=C[C@@H](CCCCN3CCN(c4nc5ccc(C6CCC(=O)NC6=O)cc5n4C)CC3)CC2)cccc1-c1ccc(N2CCc3cccc(C(=O)Nc4nc5ccccc5s4)c3C2)nc1C(=O)O. The largest absolute Gasteiger partial charge is 0.486 e. The zero-order valence-corrected chi connectivity index (χ0v) is 42.0. The Morgan fingerprint density at radius 1 is 0.822 bits per heavy atom. The molecule has 0 radical (unpaired) electrons. The summed E-state index contributed by atoms with van der Waals surface area (Å²) in [4.78, 5) is 72.0. The van der Waals surface area contributed by atoms with Crippen LogP contribution < -0.4 is 25.2 Å². The molecule has 11 rings (SSSR count). The normalized spacial score (nSPS) is 19.3. The van der Waals surface area contributed by atoms with Crippen LogP contribution >= 0.6 is 11.3 Å². The van der Waals surface area contributed by atoms with Crippen LogP contribution in [0.2, 0.25) is 0 Å². The van der Waals surface area contributed by atoms with Crippen LogP contribution in [0.15, 0.2) is 103 Å². The number of carbonyl (C=O) groups excluding carboxylic acids is 3. The van der Waals surface area contributed by atoms with Gasteiger partial charge in [-0.3, -0.25) is 29.9 Å². The van der Waals surface area contributed by atoms with E-state index in [0.717, 1.165) is 126 Å². The number of imide groups is 1. The first-order chi connectivity index (χ1) is 35.5. The fourth-order valence-electron chi connectivity index (χ4n) is 11.1. The zero-order chi connectivity index (χ0) is 50.2. The number of carboxylic acid groups (broad SMARTS) is 1. The summed E-state index contributed by atoms with van der Waals surface area (Å²) in [6.45, 7) is 7.87. The molecule has 16 heteroatoms. The molecule has 3 aromatic heterocycles. The number of nitrogens with one attached hydrogen (secondary N) is 2. The van der Waals surface area contributed by atoms with E-state index in [9.17, 15) is 24.3 Å². The van der Waals surface area contributed by atoms with Gasteiger partial charge in [0, 0.05) is 63.9 Å². The third kappa shape index (κ3) is 10.1. The molecule has 6 heterocycles. The van der Waals surface area contributed by atoms with Gasteiger partial charge in [-0.2, -0.15) is 0 Å². The zero-order valence-electron chi connectivity index (χ0n) is 41.2. The molecule has 15 nitrogen and oxygen atoms in total. The van der Waals surface area contributed by atoms with Gasteiger partial charge in [0.25, 0.3) is 5.91 Å². The molecular weight excluding hydrogens is 939 g/mol. The van der Waals surface area contributed by atoms with E-state index in [1.165, 1.54) is 11.3 Å². The number of aromatic nitrogens is 4. The number of unbranched alkanes of at least 4 members (excludes halogenated alkanes) is 1. The van der Waals surface area contributed by atoms with Crippen molar-refractivity contribution in [1.82, 2.24) is 29.7 Å². The molecular formula is C57H59N9O6S. The number of piperidine rings is 1. The lowest BCUT2D eigenvalue weighted by Gasteiger charge is -2.35. The third-order valence-electron chi connectivity index (χ3n) is 15.2. The van der Waals surface area contributed by atoms with Crippen molar-refractivity contribution in [3.63, 3.8) is 0 Å². The Morgan fingerprint density at radius 2 is 1.67 bits per heavy atom. The number of ether oxygens (including phenoxy) is 1. The second-order valence-electron chi connectivity index (χ2n) is 19.8. The number of hydrogen-bond acceptors (Lipinski definition) is 12. The number of piperazine rings is 1. The van der Waals surface area contributed by atoms with Gasteiger partial charge in [0.15, 0.2) is 10.8 Å². The Kier molecular flexibility index (Phi) is 13.5. The monoisotopic (exact) mass is 997 g/mol. The number of aryl methyl sites for hydroxylation is 1. The van der Waals surface area contributed by atoms with Crippen LogP contribution in [0, 0.1) is 12.8 Å². The molecule has 1 aliphatic carbocycles. The molecule has 3 amide bonds. The maximum absolute atomic E-state index is 13.7. The number of imidazole rings is 1. The lowest BCUT2D eigenvalue weighted by Crippen LogP contribution is -2.47. The van der Waals surface area contributed by atoms with E-state index in [0.29, 0.717) is 60.3 Å². The highest BCUT2D eigenvalue weighted by Gasteiger charge is 2.30. The molecule has 2 saturated heterocycles. The van der Waals surface area contributed by atoms with Crippen LogP contribution in [-0.4, -0.2) is 98.6 Å². The number of anilines is 3. The Labute approximate surface area is 427 Å². The van der Waals surface area contributed by atoms with Crippen molar-refractivity contribution >= 4 is 73.2 Å². The number of nitrogens with zero attached hydrogens (tertiary/aromatic N) is 7. The summed E-state index contributed by atoms with van der Waals surface area (Å²) in [6.07, 6.45) is 11.4. The lowest BCUT2D eigenvalue weighted by molar-refractivity contribution is -0.134. The van der Waals surface area contributed by atoms with Crippen molar-refractivity contribution < 1.29 is 29.0 Å². The Balaban J connectivity index is 0.663. The smallest absolute Gasteiger partial charge is 0.355 e. The average Bonchev–Trinajstić information content (AvgIpc) is 3.97. The molecule has 0 bridgehead atoms. The highest BCUT2D eigenvalue weighted by molar-refractivity contribution is 7.22. The molecule has 4 aromatic carbocycles. The molecule has 4 aliphatic rings. The van der Waals surface area contributed by atoms with E-state index in [-0.39, 0.29) is 35.4 Å². The number of benzene rings is 4. The topological polar surface area (TPSA) is 175 Å². The number of allylic oxidation sites excluding steroid dienone is 1. The number of amides is 3. The van der Waals surface area contributed by atoms with Gasteiger partial charge in [0.05, 0.1) is 27.2 Å². The average molecular weight is 998 g/mol. The number of pyridine rings is 1. The molecule has 0 spiro atoms. The fraction of sp³-hybridized carbons (Fsp3) is 0.351. The van der Waals surface area contributed by atoms with Gasteiger partial charge in [-0.25, -0.2) is 19.7 Å². The van der Waals surface area contributed by atoms with Crippen molar-refractivity contribution in [2.45, 2.75) is 76.9 Å². The molecule has 1 unspecified atom stereocenters. The van der Waals surface area contributed by atoms with Crippen molar-refractivity contribution in [3.8, 4) is 16.9 Å². The van der Waals surface area contributed by atoms with Crippen molar-refractivity contribution in [1.29, 1.82) is 0 Å². The summed E-state index contributed by atoms with van der Waals surface area (Å²) in [7, 11) is 2.04. The summed E-state index contributed by atoms with van der Waals surface area (Å²) in [5.74, 6) is 0.647. The number of hydrogen-bond donors (Lipinski definition) is 3. The maximum Gasteiger partial charge on any atom is 0.355 e. The van der Waals surface area contributed by atoms with Gasteiger partial charge in [0.1, 0.15) is 17.7 Å². The number of aromatic carboxylic acids is 1. The van der Waals surface area contributed by atoms with Crippen molar-refractivity contribution in [3.05, 3.63) is 137 Å². The predicted octanol–water partition coefficient (Wildman–Crippen LogP) is 9.29. The Hall–Kier alpha value is -7.43.